The number of likely N-dealkylation sites (tertiary alicyclic amines) is 1. The lowest BCUT2D eigenvalue weighted by Crippen LogP contribution is -2.51. The standard InChI is InChI=1S/C18H30N2O5S/c21-17(13-4-1-2-5-13)20-11-3-6-16(12-20)26(24,25)19-15-9-7-14(8-10-15)18(22)23/h13-16,19H,1-12H2,(H,22,23). The van der Waals surface area contributed by atoms with E-state index in [0.29, 0.717) is 38.6 Å². The van der Waals surface area contributed by atoms with Crippen LogP contribution in [-0.2, 0) is 19.6 Å². The van der Waals surface area contributed by atoms with E-state index in [4.69, 9.17) is 5.11 Å². The van der Waals surface area contributed by atoms with Crippen LogP contribution in [-0.4, -0.2) is 54.7 Å². The number of rotatable bonds is 5. The summed E-state index contributed by atoms with van der Waals surface area (Å²) in [5.41, 5.74) is 0. The molecule has 1 atom stereocenters. The summed E-state index contributed by atoms with van der Waals surface area (Å²) in [6.45, 7) is 0.945. The van der Waals surface area contributed by atoms with Crippen LogP contribution in [0.4, 0.5) is 0 Å². The second-order valence-corrected chi connectivity index (χ2v) is 10.1. The van der Waals surface area contributed by atoms with Crippen molar-refractivity contribution in [1.82, 2.24) is 9.62 Å². The fourth-order valence-corrected chi connectivity index (χ4v) is 6.36. The lowest BCUT2D eigenvalue weighted by molar-refractivity contribution is -0.142. The van der Waals surface area contributed by atoms with Gasteiger partial charge in [-0.15, -0.1) is 0 Å². The van der Waals surface area contributed by atoms with E-state index in [0.717, 1.165) is 32.1 Å². The van der Waals surface area contributed by atoms with Gasteiger partial charge in [-0.2, -0.15) is 0 Å². The maximum absolute atomic E-state index is 12.8. The highest BCUT2D eigenvalue weighted by Gasteiger charge is 2.37. The molecule has 0 aromatic rings. The summed E-state index contributed by atoms with van der Waals surface area (Å²) in [5, 5.41) is 8.50. The molecule has 0 aromatic carbocycles. The van der Waals surface area contributed by atoms with Crippen LogP contribution >= 0.6 is 0 Å². The molecule has 8 heteroatoms. The lowest BCUT2D eigenvalue weighted by atomic mass is 9.87. The van der Waals surface area contributed by atoms with Crippen LogP contribution in [0.3, 0.4) is 0 Å². The minimum absolute atomic E-state index is 0.0794. The molecular formula is C18H30N2O5S. The van der Waals surface area contributed by atoms with Crippen LogP contribution < -0.4 is 4.72 Å². The molecule has 0 radical (unpaired) electrons. The van der Waals surface area contributed by atoms with Gasteiger partial charge >= 0.3 is 5.97 Å². The molecule has 2 saturated carbocycles. The first-order chi connectivity index (χ1) is 12.4. The number of carbonyl (C=O) groups is 2. The Morgan fingerprint density at radius 1 is 0.885 bits per heavy atom. The average Bonchev–Trinajstić information content (AvgIpc) is 3.16. The molecule has 2 aliphatic carbocycles. The van der Waals surface area contributed by atoms with Crippen molar-refractivity contribution in [3.63, 3.8) is 0 Å². The Hall–Kier alpha value is -1.15. The first-order valence-electron chi connectivity index (χ1n) is 9.89. The predicted molar refractivity (Wildman–Crippen MR) is 97.0 cm³/mol. The number of nitrogens with one attached hydrogen (secondary N) is 1. The number of nitrogens with zero attached hydrogens (tertiary/aromatic N) is 1. The second kappa shape index (κ2) is 8.25. The Bertz CT molecular complexity index is 621. The highest BCUT2D eigenvalue weighted by Crippen LogP contribution is 2.29. The van der Waals surface area contributed by atoms with Crippen molar-refractivity contribution >= 4 is 21.9 Å². The number of aliphatic carboxylic acids is 1. The van der Waals surface area contributed by atoms with Crippen LogP contribution in [0.15, 0.2) is 0 Å². The van der Waals surface area contributed by atoms with E-state index < -0.39 is 21.2 Å². The van der Waals surface area contributed by atoms with Gasteiger partial charge in [0.15, 0.2) is 0 Å². The molecule has 1 heterocycles. The number of carbonyl (C=O) groups excluding carboxylic acids is 1. The minimum atomic E-state index is -3.50. The van der Waals surface area contributed by atoms with Gasteiger partial charge < -0.3 is 10.0 Å². The van der Waals surface area contributed by atoms with Crippen molar-refractivity contribution in [1.29, 1.82) is 0 Å². The number of hydrogen-bond donors (Lipinski definition) is 2. The van der Waals surface area contributed by atoms with Crippen molar-refractivity contribution in [2.45, 2.75) is 75.5 Å². The van der Waals surface area contributed by atoms with E-state index >= 15 is 0 Å². The average molecular weight is 387 g/mol. The molecule has 3 aliphatic rings. The van der Waals surface area contributed by atoms with Crippen LogP contribution in [0.2, 0.25) is 0 Å². The van der Waals surface area contributed by atoms with Crippen molar-refractivity contribution in [3.05, 3.63) is 0 Å². The van der Waals surface area contributed by atoms with Crippen molar-refractivity contribution < 1.29 is 23.1 Å². The van der Waals surface area contributed by atoms with E-state index in [1.165, 1.54) is 0 Å². The van der Waals surface area contributed by atoms with Gasteiger partial charge in [-0.05, 0) is 51.4 Å². The maximum Gasteiger partial charge on any atom is 0.306 e. The zero-order valence-corrected chi connectivity index (χ0v) is 16.0. The molecule has 1 saturated heterocycles. The summed E-state index contributed by atoms with van der Waals surface area (Å²) in [6.07, 6.45) is 7.49. The highest BCUT2D eigenvalue weighted by molar-refractivity contribution is 7.90. The summed E-state index contributed by atoms with van der Waals surface area (Å²) in [5.74, 6) is -0.940. The molecule has 0 spiro atoms. The number of carboxylic acid groups (broad SMARTS) is 1. The van der Waals surface area contributed by atoms with Crippen molar-refractivity contribution in [3.8, 4) is 0 Å². The molecule has 0 aromatic heterocycles. The summed E-state index contributed by atoms with van der Waals surface area (Å²) in [7, 11) is -3.50. The second-order valence-electron chi connectivity index (χ2n) is 8.08. The zero-order valence-electron chi connectivity index (χ0n) is 15.2. The Morgan fingerprint density at radius 3 is 2.15 bits per heavy atom. The van der Waals surface area contributed by atoms with Crippen molar-refractivity contribution in [2.75, 3.05) is 13.1 Å². The van der Waals surface area contributed by atoms with Gasteiger partial charge in [-0.1, -0.05) is 12.8 Å². The van der Waals surface area contributed by atoms with Gasteiger partial charge in [-0.25, -0.2) is 13.1 Å². The van der Waals surface area contributed by atoms with E-state index in [-0.39, 0.29) is 30.3 Å². The van der Waals surface area contributed by atoms with Crippen LogP contribution in [0.1, 0.15) is 64.2 Å². The number of sulfonamides is 1. The zero-order chi connectivity index (χ0) is 18.7. The fourth-order valence-electron chi connectivity index (χ4n) is 4.61. The Labute approximate surface area is 155 Å². The topological polar surface area (TPSA) is 104 Å². The molecule has 1 unspecified atom stereocenters. The summed E-state index contributed by atoms with van der Waals surface area (Å²) in [4.78, 5) is 25.4. The summed E-state index contributed by atoms with van der Waals surface area (Å²) in [6, 6.07) is -0.184. The first kappa shape index (κ1) is 19.6. The summed E-state index contributed by atoms with van der Waals surface area (Å²) >= 11 is 0. The normalized spacial score (nSPS) is 31.1. The monoisotopic (exact) mass is 386 g/mol. The Balaban J connectivity index is 1.55. The van der Waals surface area contributed by atoms with Gasteiger partial charge in [0.05, 0.1) is 11.2 Å². The lowest BCUT2D eigenvalue weighted by Gasteiger charge is -2.35. The molecular weight excluding hydrogens is 356 g/mol. The Kier molecular flexibility index (Phi) is 6.22. The van der Waals surface area contributed by atoms with Gasteiger partial charge in [0.2, 0.25) is 15.9 Å². The van der Waals surface area contributed by atoms with Crippen LogP contribution in [0, 0.1) is 11.8 Å². The van der Waals surface area contributed by atoms with Crippen LogP contribution in [0.5, 0.6) is 0 Å². The number of piperidine rings is 1. The van der Waals surface area contributed by atoms with Gasteiger partial charge in [-0.3, -0.25) is 9.59 Å². The molecule has 1 amide bonds. The minimum Gasteiger partial charge on any atom is -0.481 e. The maximum atomic E-state index is 12.8. The molecule has 7 nitrogen and oxygen atoms in total. The van der Waals surface area contributed by atoms with Crippen LogP contribution in [0.25, 0.3) is 0 Å². The SMILES string of the molecule is O=C(O)C1CCC(NS(=O)(=O)C2CCCN(C(=O)C3CCCC3)C2)CC1. The first-order valence-corrected chi connectivity index (χ1v) is 11.4. The third-order valence-electron chi connectivity index (χ3n) is 6.24. The molecule has 26 heavy (non-hydrogen) atoms. The van der Waals surface area contributed by atoms with E-state index in [9.17, 15) is 18.0 Å². The fraction of sp³-hybridized carbons (Fsp3) is 0.889. The largest absolute Gasteiger partial charge is 0.481 e. The third-order valence-corrected chi connectivity index (χ3v) is 8.16. The number of hydrogen-bond acceptors (Lipinski definition) is 4. The quantitative estimate of drug-likeness (QED) is 0.749. The highest BCUT2D eigenvalue weighted by atomic mass is 32.2. The molecule has 3 fully saturated rings. The van der Waals surface area contributed by atoms with Gasteiger partial charge in [0, 0.05) is 25.0 Å². The third kappa shape index (κ3) is 4.57. The molecule has 0 bridgehead atoms. The van der Waals surface area contributed by atoms with Gasteiger partial charge in [0.1, 0.15) is 0 Å². The smallest absolute Gasteiger partial charge is 0.306 e. The van der Waals surface area contributed by atoms with Crippen molar-refractivity contribution in [2.24, 2.45) is 11.8 Å². The molecule has 1 aliphatic heterocycles. The molecule has 3 rings (SSSR count). The van der Waals surface area contributed by atoms with E-state index in [1.807, 2.05) is 0 Å². The van der Waals surface area contributed by atoms with Gasteiger partial charge in [0.25, 0.3) is 0 Å². The molecule has 148 valence electrons. The number of amides is 1. The van der Waals surface area contributed by atoms with E-state index in [2.05, 4.69) is 4.72 Å². The van der Waals surface area contributed by atoms with E-state index in [1.54, 1.807) is 4.90 Å². The summed E-state index contributed by atoms with van der Waals surface area (Å²) < 4.78 is 28.4. The Morgan fingerprint density at radius 2 is 1.54 bits per heavy atom. The number of carboxylic acids is 1. The molecule has 2 N–H and O–H groups in total. The predicted octanol–water partition coefficient (Wildman–Crippen LogP) is 1.73.